The first-order valence-corrected chi connectivity index (χ1v) is 7.73. The van der Waals surface area contributed by atoms with Crippen molar-refractivity contribution in [3.63, 3.8) is 0 Å². The molecule has 2 rings (SSSR count). The summed E-state index contributed by atoms with van der Waals surface area (Å²) in [4.78, 5) is 4.73. The van der Waals surface area contributed by atoms with Gasteiger partial charge in [-0.2, -0.15) is 0 Å². The van der Waals surface area contributed by atoms with E-state index in [1.54, 1.807) is 0 Å². The molecule has 1 heterocycles. The summed E-state index contributed by atoms with van der Waals surface area (Å²) in [6.45, 7) is 12.8. The van der Waals surface area contributed by atoms with Gasteiger partial charge in [0.1, 0.15) is 5.82 Å². The fourth-order valence-corrected chi connectivity index (χ4v) is 2.34. The normalized spacial score (nSPS) is 12.1. The first-order valence-electron chi connectivity index (χ1n) is 7.73. The Morgan fingerprint density at radius 3 is 2.52 bits per heavy atom. The standard InChI is InChI=1S/C18H27N3/c1-13(2)11-19-12-14-10-17(21-18(3,4)5)20-16-9-7-6-8-15(14)16/h6-10,13,19H,11-12H2,1-5H3,(H,20,21). The SMILES string of the molecule is CC(C)CNCc1cc(NC(C)(C)C)nc2ccccc12. The molecule has 2 N–H and O–H groups in total. The molecule has 0 bridgehead atoms. The minimum Gasteiger partial charge on any atom is -0.365 e. The van der Waals surface area contributed by atoms with E-state index < -0.39 is 0 Å². The minimum absolute atomic E-state index is 0.0120. The Morgan fingerprint density at radius 1 is 1.14 bits per heavy atom. The Balaban J connectivity index is 2.31. The highest BCUT2D eigenvalue weighted by Gasteiger charge is 2.12. The van der Waals surface area contributed by atoms with Crippen molar-refractivity contribution >= 4 is 16.7 Å². The maximum atomic E-state index is 4.73. The summed E-state index contributed by atoms with van der Waals surface area (Å²) in [6.07, 6.45) is 0. The zero-order chi connectivity index (χ0) is 15.5. The lowest BCUT2D eigenvalue weighted by Crippen LogP contribution is -2.27. The zero-order valence-corrected chi connectivity index (χ0v) is 13.8. The van der Waals surface area contributed by atoms with Gasteiger partial charge in [0.15, 0.2) is 0 Å². The molecule has 21 heavy (non-hydrogen) atoms. The van der Waals surface area contributed by atoms with Crippen molar-refractivity contribution in [3.05, 3.63) is 35.9 Å². The summed E-state index contributed by atoms with van der Waals surface area (Å²) >= 11 is 0. The van der Waals surface area contributed by atoms with E-state index in [4.69, 9.17) is 4.98 Å². The van der Waals surface area contributed by atoms with E-state index >= 15 is 0 Å². The topological polar surface area (TPSA) is 37.0 Å². The Morgan fingerprint density at radius 2 is 1.86 bits per heavy atom. The second-order valence-corrected chi connectivity index (χ2v) is 7.08. The smallest absolute Gasteiger partial charge is 0.127 e. The highest BCUT2D eigenvalue weighted by molar-refractivity contribution is 5.84. The lowest BCUT2D eigenvalue weighted by Gasteiger charge is -2.22. The number of anilines is 1. The molecule has 3 heteroatoms. The number of benzene rings is 1. The lowest BCUT2D eigenvalue weighted by molar-refractivity contribution is 0.553. The van der Waals surface area contributed by atoms with Crippen LogP contribution in [0.4, 0.5) is 5.82 Å². The average Bonchev–Trinajstić information content (AvgIpc) is 2.36. The minimum atomic E-state index is 0.0120. The molecule has 1 aromatic heterocycles. The summed E-state index contributed by atoms with van der Waals surface area (Å²) in [6, 6.07) is 10.5. The van der Waals surface area contributed by atoms with E-state index in [9.17, 15) is 0 Å². The first-order chi connectivity index (χ1) is 9.85. The number of hydrogen-bond acceptors (Lipinski definition) is 3. The van der Waals surface area contributed by atoms with Crippen molar-refractivity contribution in [3.8, 4) is 0 Å². The van der Waals surface area contributed by atoms with Gasteiger partial charge in [-0.05, 0) is 50.9 Å². The molecule has 0 amide bonds. The third-order valence-corrected chi connectivity index (χ3v) is 3.17. The van der Waals surface area contributed by atoms with Crippen LogP contribution in [0.1, 0.15) is 40.2 Å². The number of hydrogen-bond donors (Lipinski definition) is 2. The maximum absolute atomic E-state index is 4.73. The highest BCUT2D eigenvalue weighted by atomic mass is 15.0. The summed E-state index contributed by atoms with van der Waals surface area (Å²) in [7, 11) is 0. The molecule has 0 saturated carbocycles. The molecule has 0 aliphatic rings. The summed E-state index contributed by atoms with van der Waals surface area (Å²) < 4.78 is 0. The predicted octanol–water partition coefficient (Wildman–Crippen LogP) is 4.19. The third-order valence-electron chi connectivity index (χ3n) is 3.17. The van der Waals surface area contributed by atoms with E-state index in [1.165, 1.54) is 10.9 Å². The number of pyridine rings is 1. The molecular formula is C18H27N3. The van der Waals surface area contributed by atoms with Crippen molar-refractivity contribution in [2.75, 3.05) is 11.9 Å². The van der Waals surface area contributed by atoms with Gasteiger partial charge in [0.2, 0.25) is 0 Å². The zero-order valence-electron chi connectivity index (χ0n) is 13.8. The molecule has 1 aromatic carbocycles. The Labute approximate surface area is 128 Å². The van der Waals surface area contributed by atoms with Crippen molar-refractivity contribution in [1.29, 1.82) is 0 Å². The Bertz CT molecular complexity index is 597. The van der Waals surface area contributed by atoms with Gasteiger partial charge in [0, 0.05) is 17.5 Å². The van der Waals surface area contributed by atoms with Crippen LogP contribution in [0.15, 0.2) is 30.3 Å². The van der Waals surface area contributed by atoms with E-state index in [-0.39, 0.29) is 5.54 Å². The van der Waals surface area contributed by atoms with Gasteiger partial charge in [-0.3, -0.25) is 0 Å². The van der Waals surface area contributed by atoms with Crippen LogP contribution >= 0.6 is 0 Å². The largest absolute Gasteiger partial charge is 0.365 e. The molecule has 0 spiro atoms. The summed E-state index contributed by atoms with van der Waals surface area (Å²) in [5.41, 5.74) is 2.36. The second kappa shape index (κ2) is 6.44. The van der Waals surface area contributed by atoms with Crippen molar-refractivity contribution in [1.82, 2.24) is 10.3 Å². The van der Waals surface area contributed by atoms with Crippen LogP contribution in [0.25, 0.3) is 10.9 Å². The Hall–Kier alpha value is -1.61. The van der Waals surface area contributed by atoms with E-state index in [1.807, 2.05) is 6.07 Å². The van der Waals surface area contributed by atoms with E-state index in [0.29, 0.717) is 5.92 Å². The van der Waals surface area contributed by atoms with Crippen molar-refractivity contribution in [2.24, 2.45) is 5.92 Å². The van der Waals surface area contributed by atoms with Crippen LogP contribution in [0, 0.1) is 5.92 Å². The number of para-hydroxylation sites is 1. The van der Waals surface area contributed by atoms with Gasteiger partial charge in [0.25, 0.3) is 0 Å². The molecule has 0 saturated heterocycles. The van der Waals surface area contributed by atoms with Gasteiger partial charge in [0.05, 0.1) is 5.52 Å². The van der Waals surface area contributed by atoms with Crippen LogP contribution in [0.5, 0.6) is 0 Å². The van der Waals surface area contributed by atoms with Gasteiger partial charge < -0.3 is 10.6 Å². The number of nitrogens with one attached hydrogen (secondary N) is 2. The van der Waals surface area contributed by atoms with E-state index in [0.717, 1.165) is 24.4 Å². The maximum Gasteiger partial charge on any atom is 0.127 e. The molecular weight excluding hydrogens is 258 g/mol. The molecule has 2 aromatic rings. The number of fused-ring (bicyclic) bond motifs is 1. The molecule has 0 atom stereocenters. The first kappa shape index (κ1) is 15.8. The molecule has 0 aliphatic carbocycles. The van der Waals surface area contributed by atoms with Crippen LogP contribution < -0.4 is 10.6 Å². The molecule has 0 fully saturated rings. The van der Waals surface area contributed by atoms with Gasteiger partial charge in [-0.15, -0.1) is 0 Å². The molecule has 3 nitrogen and oxygen atoms in total. The quantitative estimate of drug-likeness (QED) is 0.865. The third kappa shape index (κ3) is 4.71. The fraction of sp³-hybridized carbons (Fsp3) is 0.500. The number of rotatable bonds is 5. The van der Waals surface area contributed by atoms with Gasteiger partial charge in [-0.1, -0.05) is 32.0 Å². The lowest BCUT2D eigenvalue weighted by atomic mass is 10.1. The Kier molecular flexibility index (Phi) is 4.84. The van der Waals surface area contributed by atoms with Crippen molar-refractivity contribution < 1.29 is 0 Å². The average molecular weight is 285 g/mol. The van der Waals surface area contributed by atoms with Gasteiger partial charge in [-0.25, -0.2) is 4.98 Å². The van der Waals surface area contributed by atoms with Crippen LogP contribution in [0.3, 0.4) is 0 Å². The molecule has 0 radical (unpaired) electrons. The summed E-state index contributed by atoms with van der Waals surface area (Å²) in [5.74, 6) is 1.60. The molecule has 0 unspecified atom stereocenters. The fourth-order valence-electron chi connectivity index (χ4n) is 2.34. The summed E-state index contributed by atoms with van der Waals surface area (Å²) in [5, 5.41) is 8.23. The van der Waals surface area contributed by atoms with Crippen molar-refractivity contribution in [2.45, 2.75) is 46.7 Å². The van der Waals surface area contributed by atoms with Crippen LogP contribution in [-0.2, 0) is 6.54 Å². The van der Waals surface area contributed by atoms with Crippen LogP contribution in [0.2, 0.25) is 0 Å². The number of aromatic nitrogens is 1. The molecule has 0 aliphatic heterocycles. The second-order valence-electron chi connectivity index (χ2n) is 7.08. The number of nitrogens with zero attached hydrogens (tertiary/aromatic N) is 1. The monoisotopic (exact) mass is 285 g/mol. The highest BCUT2D eigenvalue weighted by Crippen LogP contribution is 2.22. The predicted molar refractivity (Wildman–Crippen MR) is 91.7 cm³/mol. The van der Waals surface area contributed by atoms with E-state index in [2.05, 4.69) is 69.5 Å². The van der Waals surface area contributed by atoms with Crippen LogP contribution in [-0.4, -0.2) is 17.1 Å². The van der Waals surface area contributed by atoms with Gasteiger partial charge >= 0.3 is 0 Å². The molecule has 114 valence electrons.